The van der Waals surface area contributed by atoms with Crippen LogP contribution in [-0.4, -0.2) is 65.2 Å². The number of alkyl halides is 3. The van der Waals surface area contributed by atoms with Crippen molar-refractivity contribution in [3.05, 3.63) is 95.1 Å². The molecule has 18 heteroatoms. The highest BCUT2D eigenvalue weighted by Crippen LogP contribution is 2.36. The van der Waals surface area contributed by atoms with Crippen molar-refractivity contribution in [3.63, 3.8) is 0 Å². The number of ether oxygens (including phenoxy) is 1. The number of hydrogen-bond acceptors (Lipinski definition) is 11. The number of nitrogens with two attached hydrogens (primary N) is 1. The van der Waals surface area contributed by atoms with Crippen LogP contribution in [0.4, 0.5) is 45.3 Å². The molecule has 50 heavy (non-hydrogen) atoms. The predicted octanol–water partition coefficient (Wildman–Crippen LogP) is 6.66. The second kappa shape index (κ2) is 14.8. The van der Waals surface area contributed by atoms with Crippen LogP contribution >= 0.6 is 11.6 Å². The van der Waals surface area contributed by atoms with Gasteiger partial charge in [0.15, 0.2) is 5.76 Å². The first-order valence-corrected chi connectivity index (χ1v) is 14.7. The van der Waals surface area contributed by atoms with Crippen molar-refractivity contribution in [2.24, 2.45) is 0 Å². The summed E-state index contributed by atoms with van der Waals surface area (Å²) in [6.07, 6.45) is -4.17. The van der Waals surface area contributed by atoms with Gasteiger partial charge in [0, 0.05) is 24.0 Å². The number of nitrogens with one attached hydrogen (secondary N) is 1. The average Bonchev–Trinajstić information content (AvgIpc) is 3.45. The van der Waals surface area contributed by atoms with Crippen molar-refractivity contribution >= 4 is 46.8 Å². The Bertz CT molecular complexity index is 2020. The minimum Gasteiger partial charge on any atom is -0.491 e. The molecular formula is C32H25ClF5N7O5. The molecule has 2 heterocycles. The number of anilines is 4. The van der Waals surface area contributed by atoms with E-state index in [9.17, 15) is 31.5 Å². The Hall–Kier alpha value is -5.81. The van der Waals surface area contributed by atoms with Gasteiger partial charge in [0.1, 0.15) is 40.9 Å². The number of likely N-dealkylation sites (N-methyl/N-ethyl adjacent to an activating group) is 1. The number of rotatable bonds is 10. The molecule has 0 aliphatic rings. The maximum absolute atomic E-state index is 14.5. The van der Waals surface area contributed by atoms with Gasteiger partial charge in [0.25, 0.3) is 11.9 Å². The van der Waals surface area contributed by atoms with E-state index >= 15 is 0 Å². The molecule has 0 aliphatic heterocycles. The number of nitrogens with zero attached hydrogens (tertiary/aromatic N) is 5. The number of amides is 1. The second-order valence-corrected chi connectivity index (χ2v) is 10.9. The van der Waals surface area contributed by atoms with E-state index in [0.29, 0.717) is 41.7 Å². The summed E-state index contributed by atoms with van der Waals surface area (Å²) in [5, 5.41) is 3.16. The van der Waals surface area contributed by atoms with Gasteiger partial charge < -0.3 is 29.9 Å². The first-order valence-electron chi connectivity index (χ1n) is 14.3. The summed E-state index contributed by atoms with van der Waals surface area (Å²) in [7, 11) is 3.82. The molecule has 5 rings (SSSR count). The fourth-order valence-corrected chi connectivity index (χ4v) is 4.58. The van der Waals surface area contributed by atoms with Crippen LogP contribution in [0.2, 0.25) is 5.02 Å². The summed E-state index contributed by atoms with van der Waals surface area (Å²) in [5.74, 6) is -6.85. The van der Waals surface area contributed by atoms with Crippen LogP contribution in [0.5, 0.6) is 5.75 Å². The number of carbonyl (C=O) groups is 2. The van der Waals surface area contributed by atoms with Crippen LogP contribution in [0, 0.1) is 11.6 Å². The fourth-order valence-electron chi connectivity index (χ4n) is 4.34. The van der Waals surface area contributed by atoms with Crippen molar-refractivity contribution in [1.29, 1.82) is 0 Å². The molecule has 0 radical (unpaired) electrons. The highest BCUT2D eigenvalue weighted by molar-refractivity contribution is 6.32. The number of aromatic nitrogens is 3. The third kappa shape index (κ3) is 8.24. The van der Waals surface area contributed by atoms with E-state index < -0.39 is 40.9 Å². The van der Waals surface area contributed by atoms with Gasteiger partial charge in [0.2, 0.25) is 5.95 Å². The van der Waals surface area contributed by atoms with Gasteiger partial charge in [-0.05, 0) is 62.6 Å². The highest BCUT2D eigenvalue weighted by Gasteiger charge is 2.44. The Balaban J connectivity index is 1.46. The molecular weight excluding hydrogens is 693 g/mol. The van der Waals surface area contributed by atoms with Crippen molar-refractivity contribution in [1.82, 2.24) is 19.9 Å². The summed E-state index contributed by atoms with van der Waals surface area (Å²) in [6.45, 7) is 1.11. The number of nitrogen functional groups attached to an aromatic ring is 1. The van der Waals surface area contributed by atoms with Gasteiger partial charge >= 0.3 is 12.1 Å². The third-order valence-electron chi connectivity index (χ3n) is 6.64. The maximum Gasteiger partial charge on any atom is 0.493 e. The molecule has 0 atom stereocenters. The third-order valence-corrected chi connectivity index (χ3v) is 6.93. The van der Waals surface area contributed by atoms with Crippen molar-refractivity contribution < 1.29 is 45.5 Å². The van der Waals surface area contributed by atoms with Crippen LogP contribution in [0.15, 0.2) is 77.3 Å². The highest BCUT2D eigenvalue weighted by atomic mass is 35.5. The molecule has 12 nitrogen and oxygen atoms in total. The molecule has 0 aliphatic carbocycles. The van der Waals surface area contributed by atoms with Gasteiger partial charge in [-0.1, -0.05) is 29.8 Å². The van der Waals surface area contributed by atoms with Gasteiger partial charge in [-0.3, -0.25) is 4.79 Å². The van der Waals surface area contributed by atoms with Crippen LogP contribution in [-0.2, 0) is 9.63 Å². The molecule has 2 aromatic heterocycles. The lowest BCUT2D eigenvalue weighted by atomic mass is 10.1. The van der Waals surface area contributed by atoms with E-state index in [1.54, 1.807) is 18.2 Å². The molecule has 260 valence electrons. The van der Waals surface area contributed by atoms with Crippen LogP contribution in [0.3, 0.4) is 0 Å². The van der Waals surface area contributed by atoms with Crippen molar-refractivity contribution in [2.75, 3.05) is 43.4 Å². The quantitative estimate of drug-likeness (QED) is 0.118. The molecule has 3 aromatic carbocycles. The molecule has 0 bridgehead atoms. The zero-order chi connectivity index (χ0) is 36.2. The van der Waals surface area contributed by atoms with Gasteiger partial charge in [-0.15, -0.1) is 5.06 Å². The molecule has 3 N–H and O–H groups in total. The first-order chi connectivity index (χ1) is 23.7. The molecule has 0 saturated carbocycles. The smallest absolute Gasteiger partial charge is 0.491 e. The first kappa shape index (κ1) is 35.5. The zero-order valence-corrected chi connectivity index (χ0v) is 26.7. The Kier molecular flexibility index (Phi) is 10.5. The van der Waals surface area contributed by atoms with E-state index in [-0.39, 0.29) is 39.7 Å². The SMILES string of the molecule is CN(C)CCOc1ccc(Nc2nccc(-c3oc(N)nc3-c3cccc(N(OC(=O)C(F)(F)F)C(=O)c4c(F)cccc4F)c3)n2)cc1Cl. The molecule has 0 spiro atoms. The van der Waals surface area contributed by atoms with Gasteiger partial charge in [-0.2, -0.15) is 18.2 Å². The summed E-state index contributed by atoms with van der Waals surface area (Å²) in [5.41, 5.74) is 4.77. The number of carbonyl (C=O) groups excluding carboxylic acids is 2. The monoisotopic (exact) mass is 717 g/mol. The van der Waals surface area contributed by atoms with Crippen LogP contribution < -0.4 is 20.9 Å². The predicted molar refractivity (Wildman–Crippen MR) is 171 cm³/mol. The lowest BCUT2D eigenvalue weighted by molar-refractivity contribution is -0.200. The molecule has 0 fully saturated rings. The summed E-state index contributed by atoms with van der Waals surface area (Å²) in [4.78, 5) is 44.1. The van der Waals surface area contributed by atoms with E-state index in [1.165, 1.54) is 24.4 Å². The number of hydrogen-bond donors (Lipinski definition) is 2. The molecule has 5 aromatic rings. The van der Waals surface area contributed by atoms with Gasteiger partial charge in [-0.25, -0.2) is 23.5 Å². The number of halogens is 6. The van der Waals surface area contributed by atoms with Crippen LogP contribution in [0.1, 0.15) is 10.4 Å². The summed E-state index contributed by atoms with van der Waals surface area (Å²) >= 11 is 6.38. The van der Waals surface area contributed by atoms with E-state index in [2.05, 4.69) is 25.1 Å². The summed E-state index contributed by atoms with van der Waals surface area (Å²) in [6, 6.07) is 13.2. The molecule has 1 amide bonds. The zero-order valence-electron chi connectivity index (χ0n) is 26.0. The lowest BCUT2D eigenvalue weighted by Gasteiger charge is -2.22. The fraction of sp³-hybridized carbons (Fsp3) is 0.156. The normalized spacial score (nSPS) is 11.4. The Morgan fingerprint density at radius 1 is 1.00 bits per heavy atom. The largest absolute Gasteiger partial charge is 0.493 e. The van der Waals surface area contributed by atoms with Crippen molar-refractivity contribution in [3.8, 4) is 28.5 Å². The average molecular weight is 718 g/mol. The summed E-state index contributed by atoms with van der Waals surface area (Å²) < 4.78 is 79.8. The number of benzene rings is 3. The van der Waals surface area contributed by atoms with E-state index in [4.69, 9.17) is 26.5 Å². The topological polar surface area (TPSA) is 149 Å². The Morgan fingerprint density at radius 3 is 2.40 bits per heavy atom. The Morgan fingerprint density at radius 2 is 1.72 bits per heavy atom. The number of oxazole rings is 1. The molecule has 0 unspecified atom stereocenters. The Labute approximate surface area is 285 Å². The van der Waals surface area contributed by atoms with E-state index in [0.717, 1.165) is 18.2 Å². The number of hydroxylamine groups is 1. The second-order valence-electron chi connectivity index (χ2n) is 10.5. The maximum atomic E-state index is 14.5. The van der Waals surface area contributed by atoms with E-state index in [1.807, 2.05) is 19.0 Å². The lowest BCUT2D eigenvalue weighted by Crippen LogP contribution is -2.39. The van der Waals surface area contributed by atoms with Crippen molar-refractivity contribution in [2.45, 2.75) is 6.18 Å². The van der Waals surface area contributed by atoms with Gasteiger partial charge in [0.05, 0.1) is 10.7 Å². The van der Waals surface area contributed by atoms with Crippen LogP contribution in [0.25, 0.3) is 22.7 Å². The minimum atomic E-state index is -5.57. The minimum absolute atomic E-state index is 0.0112. The standard InChI is InChI=1S/C32H25ClF5N7O5/c1-44(2)13-14-48-24-10-9-18(16-20(24)33)41-31-40-12-11-23(42-31)27-26(43-30(39)49-27)17-5-3-6-19(15-17)45(50-29(47)32(36,37)38)28(46)25-21(34)7-4-8-22(25)35/h3-12,15-16H,13-14H2,1-2H3,(H2,39,43)(H,40,41,42). The molecule has 0 saturated heterocycles.